The van der Waals surface area contributed by atoms with Gasteiger partial charge in [-0.3, -0.25) is 0 Å². The molecule has 1 rings (SSSR count). The Hall–Kier alpha value is -1.07. The van der Waals surface area contributed by atoms with Crippen LogP contribution in [0.25, 0.3) is 0 Å². The van der Waals surface area contributed by atoms with Gasteiger partial charge in [0.15, 0.2) is 0 Å². The van der Waals surface area contributed by atoms with Crippen molar-refractivity contribution in [3.8, 4) is 0 Å². The van der Waals surface area contributed by atoms with E-state index in [0.29, 0.717) is 13.0 Å². The normalized spacial score (nSPS) is 9.94. The second-order valence-electron chi connectivity index (χ2n) is 3.44. The van der Waals surface area contributed by atoms with Crippen LogP contribution in [0.3, 0.4) is 0 Å². The first kappa shape index (κ1) is 13.0. The number of aryl methyl sites for hydroxylation is 1. The predicted octanol–water partition coefficient (Wildman–Crippen LogP) is 2.26. The average molecular weight is 287 g/mol. The van der Waals surface area contributed by atoms with Crippen molar-refractivity contribution >= 4 is 27.6 Å². The molecular formula is C11H15BrN2O2. The van der Waals surface area contributed by atoms with Gasteiger partial charge < -0.3 is 15.7 Å². The van der Waals surface area contributed by atoms with Crippen LogP contribution in [0.1, 0.15) is 12.0 Å². The second-order valence-corrected chi connectivity index (χ2v) is 4.30. The van der Waals surface area contributed by atoms with Gasteiger partial charge in [-0.25, -0.2) is 4.79 Å². The highest BCUT2D eigenvalue weighted by Crippen LogP contribution is 2.22. The van der Waals surface area contributed by atoms with Gasteiger partial charge >= 0.3 is 6.03 Å². The highest BCUT2D eigenvalue weighted by molar-refractivity contribution is 9.10. The van der Waals surface area contributed by atoms with E-state index in [0.717, 1.165) is 15.7 Å². The maximum absolute atomic E-state index is 11.4. The number of carbonyl (C=O) groups is 1. The molecule has 0 bridgehead atoms. The van der Waals surface area contributed by atoms with Crippen LogP contribution in [0.15, 0.2) is 22.7 Å². The van der Waals surface area contributed by atoms with Gasteiger partial charge in [-0.15, -0.1) is 0 Å². The Bertz CT molecular complexity index is 369. The number of nitrogens with one attached hydrogen (secondary N) is 2. The Morgan fingerprint density at radius 3 is 2.94 bits per heavy atom. The summed E-state index contributed by atoms with van der Waals surface area (Å²) in [5.74, 6) is 0. The number of aliphatic hydroxyl groups excluding tert-OH is 1. The molecule has 1 aromatic carbocycles. The van der Waals surface area contributed by atoms with E-state index >= 15 is 0 Å². The third kappa shape index (κ3) is 4.20. The molecule has 0 aromatic heterocycles. The lowest BCUT2D eigenvalue weighted by Crippen LogP contribution is -2.30. The number of amides is 2. The number of halogens is 1. The van der Waals surface area contributed by atoms with Crippen molar-refractivity contribution in [3.63, 3.8) is 0 Å². The summed E-state index contributed by atoms with van der Waals surface area (Å²) in [5.41, 5.74) is 1.82. The van der Waals surface area contributed by atoms with Gasteiger partial charge in [-0.2, -0.15) is 0 Å². The quantitative estimate of drug-likeness (QED) is 0.744. The largest absolute Gasteiger partial charge is 0.396 e. The third-order valence-corrected chi connectivity index (χ3v) is 2.68. The number of hydrogen-bond donors (Lipinski definition) is 3. The maximum atomic E-state index is 11.4. The Morgan fingerprint density at radius 2 is 2.25 bits per heavy atom. The molecule has 0 atom stereocenters. The summed E-state index contributed by atoms with van der Waals surface area (Å²) in [6.45, 7) is 2.50. The summed E-state index contributed by atoms with van der Waals surface area (Å²) in [4.78, 5) is 11.4. The SMILES string of the molecule is Cc1ccc(Br)c(NC(=O)NCCCO)c1. The van der Waals surface area contributed by atoms with Crippen LogP contribution in [-0.4, -0.2) is 24.3 Å². The van der Waals surface area contributed by atoms with Crippen molar-refractivity contribution in [2.75, 3.05) is 18.5 Å². The molecule has 3 N–H and O–H groups in total. The smallest absolute Gasteiger partial charge is 0.319 e. The maximum Gasteiger partial charge on any atom is 0.319 e. The van der Waals surface area contributed by atoms with Gasteiger partial charge in [0.05, 0.1) is 5.69 Å². The standard InChI is InChI=1S/C11H15BrN2O2/c1-8-3-4-9(12)10(7-8)14-11(16)13-5-2-6-15/h3-4,7,15H,2,5-6H2,1H3,(H2,13,14,16). The van der Waals surface area contributed by atoms with Gasteiger partial charge in [0.1, 0.15) is 0 Å². The van der Waals surface area contributed by atoms with Crippen molar-refractivity contribution in [1.82, 2.24) is 5.32 Å². The van der Waals surface area contributed by atoms with Crippen LogP contribution in [-0.2, 0) is 0 Å². The van der Waals surface area contributed by atoms with Crippen molar-refractivity contribution in [2.24, 2.45) is 0 Å². The molecule has 0 fully saturated rings. The lowest BCUT2D eigenvalue weighted by atomic mass is 10.2. The van der Waals surface area contributed by atoms with E-state index in [9.17, 15) is 4.79 Å². The van der Waals surface area contributed by atoms with Crippen molar-refractivity contribution in [3.05, 3.63) is 28.2 Å². The molecule has 16 heavy (non-hydrogen) atoms. The molecule has 2 amide bonds. The molecule has 0 heterocycles. The van der Waals surface area contributed by atoms with Gasteiger partial charge in [-0.05, 0) is 47.0 Å². The zero-order valence-electron chi connectivity index (χ0n) is 9.09. The predicted molar refractivity (Wildman–Crippen MR) is 67.6 cm³/mol. The number of hydrogen-bond acceptors (Lipinski definition) is 2. The monoisotopic (exact) mass is 286 g/mol. The van der Waals surface area contributed by atoms with Crippen LogP contribution in [0, 0.1) is 6.92 Å². The lowest BCUT2D eigenvalue weighted by Gasteiger charge is -2.09. The Morgan fingerprint density at radius 1 is 1.50 bits per heavy atom. The molecule has 0 radical (unpaired) electrons. The number of carbonyl (C=O) groups excluding carboxylic acids is 1. The van der Waals surface area contributed by atoms with Crippen molar-refractivity contribution in [2.45, 2.75) is 13.3 Å². The van der Waals surface area contributed by atoms with Crippen LogP contribution < -0.4 is 10.6 Å². The summed E-state index contributed by atoms with van der Waals surface area (Å²) in [6, 6.07) is 5.47. The van der Waals surface area contributed by atoms with Gasteiger partial charge in [-0.1, -0.05) is 6.07 Å². The van der Waals surface area contributed by atoms with E-state index in [2.05, 4.69) is 26.6 Å². The lowest BCUT2D eigenvalue weighted by molar-refractivity contribution is 0.249. The van der Waals surface area contributed by atoms with Crippen LogP contribution in [0.5, 0.6) is 0 Å². The number of anilines is 1. The molecule has 0 saturated carbocycles. The molecule has 0 unspecified atom stereocenters. The Labute approximate surface area is 103 Å². The molecule has 0 saturated heterocycles. The fraction of sp³-hybridized carbons (Fsp3) is 0.364. The molecule has 5 heteroatoms. The molecule has 0 aliphatic carbocycles. The second kappa shape index (κ2) is 6.50. The minimum atomic E-state index is -0.264. The average Bonchev–Trinajstić information content (AvgIpc) is 2.24. The Kier molecular flexibility index (Phi) is 5.28. The van der Waals surface area contributed by atoms with E-state index in [1.54, 1.807) is 0 Å². The molecule has 0 aliphatic rings. The fourth-order valence-corrected chi connectivity index (χ4v) is 1.53. The van der Waals surface area contributed by atoms with Gasteiger partial charge in [0.2, 0.25) is 0 Å². The fourth-order valence-electron chi connectivity index (χ4n) is 1.18. The molecule has 88 valence electrons. The van der Waals surface area contributed by atoms with Crippen LogP contribution in [0.4, 0.5) is 10.5 Å². The molecule has 1 aromatic rings. The number of benzene rings is 1. The zero-order valence-corrected chi connectivity index (χ0v) is 10.7. The zero-order chi connectivity index (χ0) is 12.0. The third-order valence-electron chi connectivity index (χ3n) is 1.99. The minimum Gasteiger partial charge on any atom is -0.396 e. The highest BCUT2D eigenvalue weighted by atomic mass is 79.9. The number of urea groups is 1. The van der Waals surface area contributed by atoms with Crippen molar-refractivity contribution < 1.29 is 9.90 Å². The first-order chi connectivity index (χ1) is 7.63. The van der Waals surface area contributed by atoms with E-state index in [4.69, 9.17) is 5.11 Å². The van der Waals surface area contributed by atoms with E-state index in [1.807, 2.05) is 25.1 Å². The Balaban J connectivity index is 2.52. The summed E-state index contributed by atoms with van der Waals surface area (Å²) in [6.07, 6.45) is 0.558. The molecule has 0 aliphatic heterocycles. The highest BCUT2D eigenvalue weighted by Gasteiger charge is 2.04. The van der Waals surface area contributed by atoms with Crippen LogP contribution >= 0.6 is 15.9 Å². The van der Waals surface area contributed by atoms with E-state index in [-0.39, 0.29) is 12.6 Å². The molecule has 0 spiro atoms. The summed E-state index contributed by atoms with van der Waals surface area (Å²) in [7, 11) is 0. The molecule has 4 nitrogen and oxygen atoms in total. The van der Waals surface area contributed by atoms with E-state index < -0.39 is 0 Å². The van der Waals surface area contributed by atoms with Gasteiger partial charge in [0, 0.05) is 17.6 Å². The first-order valence-electron chi connectivity index (χ1n) is 5.05. The summed E-state index contributed by atoms with van der Waals surface area (Å²) in [5, 5.41) is 13.9. The minimum absolute atomic E-state index is 0.0778. The summed E-state index contributed by atoms with van der Waals surface area (Å²) < 4.78 is 0.843. The van der Waals surface area contributed by atoms with Crippen LogP contribution in [0.2, 0.25) is 0 Å². The topological polar surface area (TPSA) is 61.4 Å². The summed E-state index contributed by atoms with van der Waals surface area (Å²) >= 11 is 3.36. The van der Waals surface area contributed by atoms with Gasteiger partial charge in [0.25, 0.3) is 0 Å². The first-order valence-corrected chi connectivity index (χ1v) is 5.84. The van der Waals surface area contributed by atoms with E-state index in [1.165, 1.54) is 0 Å². The number of rotatable bonds is 4. The number of aliphatic hydroxyl groups is 1. The van der Waals surface area contributed by atoms with Crippen molar-refractivity contribution in [1.29, 1.82) is 0 Å². The molecular weight excluding hydrogens is 272 g/mol.